The highest BCUT2D eigenvalue weighted by Gasteiger charge is 2.10. The second kappa shape index (κ2) is 7.25. The molecule has 3 nitrogen and oxygen atoms in total. The predicted molar refractivity (Wildman–Crippen MR) is 84.9 cm³/mol. The van der Waals surface area contributed by atoms with Crippen molar-refractivity contribution in [2.75, 3.05) is 13.1 Å². The molecular formula is C13H15FIN3S. The van der Waals surface area contributed by atoms with Crippen molar-refractivity contribution < 1.29 is 4.39 Å². The third-order valence-electron chi connectivity index (χ3n) is 2.62. The molecule has 6 heteroatoms. The number of hydrogen-bond donors (Lipinski definition) is 1. The number of rotatable bonds is 6. The van der Waals surface area contributed by atoms with Crippen LogP contribution < -0.4 is 5.32 Å². The van der Waals surface area contributed by atoms with Gasteiger partial charge in [-0.15, -0.1) is 10.2 Å². The van der Waals surface area contributed by atoms with E-state index in [2.05, 4.69) is 45.0 Å². The second-order valence-electron chi connectivity index (χ2n) is 4.08. The Morgan fingerprint density at radius 3 is 2.95 bits per heavy atom. The summed E-state index contributed by atoms with van der Waals surface area (Å²) in [5.41, 5.74) is 0.956. The van der Waals surface area contributed by atoms with Crippen molar-refractivity contribution in [3.05, 3.63) is 32.6 Å². The molecule has 1 N–H and O–H groups in total. The molecule has 0 saturated heterocycles. The summed E-state index contributed by atoms with van der Waals surface area (Å²) >= 11 is 3.71. The number of aryl methyl sites for hydroxylation is 1. The van der Waals surface area contributed by atoms with Crippen molar-refractivity contribution in [3.63, 3.8) is 0 Å². The number of nitrogens with one attached hydrogen (secondary N) is 1. The molecule has 1 heterocycles. The van der Waals surface area contributed by atoms with Crippen molar-refractivity contribution in [1.82, 2.24) is 15.5 Å². The lowest BCUT2D eigenvalue weighted by Crippen LogP contribution is -2.14. The van der Waals surface area contributed by atoms with Gasteiger partial charge in [-0.1, -0.05) is 18.3 Å². The van der Waals surface area contributed by atoms with Crippen molar-refractivity contribution in [2.24, 2.45) is 0 Å². The summed E-state index contributed by atoms with van der Waals surface area (Å²) in [4.78, 5) is 0. The van der Waals surface area contributed by atoms with Crippen molar-refractivity contribution in [1.29, 1.82) is 0 Å². The number of halogens is 2. The zero-order chi connectivity index (χ0) is 13.7. The van der Waals surface area contributed by atoms with E-state index < -0.39 is 0 Å². The molecule has 0 fully saturated rings. The zero-order valence-electron chi connectivity index (χ0n) is 10.6. The highest BCUT2D eigenvalue weighted by atomic mass is 127. The van der Waals surface area contributed by atoms with Gasteiger partial charge in [-0.05, 0) is 60.3 Å². The Bertz CT molecular complexity index is 544. The fourth-order valence-electron chi connectivity index (χ4n) is 1.67. The Hall–Kier alpha value is -0.600. The van der Waals surface area contributed by atoms with E-state index in [1.165, 1.54) is 12.1 Å². The van der Waals surface area contributed by atoms with Gasteiger partial charge in [0.05, 0.1) is 0 Å². The van der Waals surface area contributed by atoms with Crippen LogP contribution in [0.15, 0.2) is 18.2 Å². The van der Waals surface area contributed by atoms with Crippen molar-refractivity contribution in [2.45, 2.75) is 19.8 Å². The Morgan fingerprint density at radius 1 is 1.37 bits per heavy atom. The van der Waals surface area contributed by atoms with Crippen LogP contribution in [0.4, 0.5) is 4.39 Å². The molecular weight excluding hydrogens is 376 g/mol. The molecule has 2 aromatic rings. The van der Waals surface area contributed by atoms with Gasteiger partial charge in [0.1, 0.15) is 15.8 Å². The quantitative estimate of drug-likeness (QED) is 0.605. The lowest BCUT2D eigenvalue weighted by Gasteiger charge is -1.99. The highest BCUT2D eigenvalue weighted by molar-refractivity contribution is 14.1. The average molecular weight is 391 g/mol. The summed E-state index contributed by atoms with van der Waals surface area (Å²) in [5, 5.41) is 13.6. The molecule has 0 saturated carbocycles. The molecule has 0 spiro atoms. The minimum absolute atomic E-state index is 0.219. The first-order valence-corrected chi connectivity index (χ1v) is 8.08. The molecule has 1 aromatic heterocycles. The smallest absolute Gasteiger partial charge is 0.148 e. The minimum Gasteiger partial charge on any atom is -0.317 e. The molecule has 1 aromatic carbocycles. The summed E-state index contributed by atoms with van der Waals surface area (Å²) in [6, 6.07) is 4.74. The first-order valence-electron chi connectivity index (χ1n) is 6.19. The van der Waals surface area contributed by atoms with E-state index in [4.69, 9.17) is 0 Å². The molecule has 19 heavy (non-hydrogen) atoms. The SMILES string of the molecule is CCNCCCc1nnc(-c2ccc(F)cc2I)s1. The number of benzene rings is 1. The maximum absolute atomic E-state index is 13.1. The Kier molecular flexibility index (Phi) is 5.65. The van der Waals surface area contributed by atoms with Gasteiger partial charge in [-0.3, -0.25) is 0 Å². The lowest BCUT2D eigenvalue weighted by molar-refractivity contribution is 0.627. The summed E-state index contributed by atoms with van der Waals surface area (Å²) in [7, 11) is 0. The zero-order valence-corrected chi connectivity index (χ0v) is 13.6. The standard InChI is InChI=1S/C13H15FIN3S/c1-2-16-7-3-4-12-17-18-13(19-12)10-6-5-9(14)8-11(10)15/h5-6,8,16H,2-4,7H2,1H3. The largest absolute Gasteiger partial charge is 0.317 e. The molecule has 0 amide bonds. The van der Waals surface area contributed by atoms with E-state index in [-0.39, 0.29) is 5.82 Å². The van der Waals surface area contributed by atoms with E-state index in [1.54, 1.807) is 17.4 Å². The third kappa shape index (κ3) is 4.19. The Morgan fingerprint density at radius 2 is 2.21 bits per heavy atom. The molecule has 0 aliphatic rings. The Balaban J connectivity index is 2.04. The van der Waals surface area contributed by atoms with Gasteiger partial charge < -0.3 is 5.32 Å². The van der Waals surface area contributed by atoms with Crippen LogP contribution in [0.25, 0.3) is 10.6 Å². The summed E-state index contributed by atoms with van der Waals surface area (Å²) in [5.74, 6) is -0.219. The lowest BCUT2D eigenvalue weighted by atomic mass is 10.2. The van der Waals surface area contributed by atoms with Gasteiger partial charge in [0.15, 0.2) is 0 Å². The van der Waals surface area contributed by atoms with Crippen molar-refractivity contribution >= 4 is 33.9 Å². The van der Waals surface area contributed by atoms with Gasteiger partial charge in [0.2, 0.25) is 0 Å². The molecule has 0 aliphatic carbocycles. The fraction of sp³-hybridized carbons (Fsp3) is 0.385. The first kappa shape index (κ1) is 14.8. The van der Waals surface area contributed by atoms with Gasteiger partial charge in [0, 0.05) is 15.6 Å². The van der Waals surface area contributed by atoms with Gasteiger partial charge in [-0.25, -0.2) is 4.39 Å². The summed E-state index contributed by atoms with van der Waals surface area (Å²) < 4.78 is 13.9. The predicted octanol–water partition coefficient (Wildman–Crippen LogP) is 3.49. The van der Waals surface area contributed by atoms with Crippen LogP contribution in [0, 0.1) is 9.39 Å². The molecule has 0 radical (unpaired) electrons. The summed E-state index contributed by atoms with van der Waals surface area (Å²) in [6.07, 6.45) is 1.99. The molecule has 102 valence electrons. The van der Waals surface area contributed by atoms with Crippen LogP contribution in [-0.2, 0) is 6.42 Å². The molecule has 0 unspecified atom stereocenters. The van der Waals surface area contributed by atoms with Crippen LogP contribution in [-0.4, -0.2) is 23.3 Å². The van der Waals surface area contributed by atoms with E-state index in [1.807, 2.05) is 0 Å². The normalized spacial score (nSPS) is 10.9. The number of hydrogen-bond acceptors (Lipinski definition) is 4. The average Bonchev–Trinajstić information content (AvgIpc) is 2.83. The van der Waals surface area contributed by atoms with Crippen LogP contribution in [0.5, 0.6) is 0 Å². The van der Waals surface area contributed by atoms with Crippen LogP contribution >= 0.6 is 33.9 Å². The third-order valence-corrected chi connectivity index (χ3v) is 4.53. The van der Waals surface area contributed by atoms with Crippen LogP contribution in [0.3, 0.4) is 0 Å². The molecule has 0 aliphatic heterocycles. The molecule has 0 bridgehead atoms. The topological polar surface area (TPSA) is 37.8 Å². The van der Waals surface area contributed by atoms with Crippen molar-refractivity contribution in [3.8, 4) is 10.6 Å². The van der Waals surface area contributed by atoms with Crippen LogP contribution in [0.2, 0.25) is 0 Å². The number of aromatic nitrogens is 2. The maximum Gasteiger partial charge on any atom is 0.148 e. The first-order chi connectivity index (χ1) is 9.20. The highest BCUT2D eigenvalue weighted by Crippen LogP contribution is 2.28. The minimum atomic E-state index is -0.219. The fourth-order valence-corrected chi connectivity index (χ4v) is 3.50. The van der Waals surface area contributed by atoms with Gasteiger partial charge >= 0.3 is 0 Å². The van der Waals surface area contributed by atoms with E-state index in [0.717, 1.165) is 45.1 Å². The monoisotopic (exact) mass is 391 g/mol. The Labute approximate surface area is 129 Å². The summed E-state index contributed by atoms with van der Waals surface area (Å²) in [6.45, 7) is 4.09. The van der Waals surface area contributed by atoms with E-state index in [9.17, 15) is 4.39 Å². The molecule has 2 rings (SSSR count). The van der Waals surface area contributed by atoms with Crippen LogP contribution in [0.1, 0.15) is 18.4 Å². The number of nitrogens with zero attached hydrogens (tertiary/aromatic N) is 2. The maximum atomic E-state index is 13.1. The van der Waals surface area contributed by atoms with E-state index >= 15 is 0 Å². The van der Waals surface area contributed by atoms with Gasteiger partial charge in [0.25, 0.3) is 0 Å². The van der Waals surface area contributed by atoms with E-state index in [0.29, 0.717) is 0 Å². The second-order valence-corrected chi connectivity index (χ2v) is 6.31. The molecule has 0 atom stereocenters. The van der Waals surface area contributed by atoms with Gasteiger partial charge in [-0.2, -0.15) is 0 Å².